The van der Waals surface area contributed by atoms with Gasteiger partial charge in [-0.05, 0) is 43.0 Å². The molecular formula is C26H31FN4O3. The minimum absolute atomic E-state index is 0.0547. The number of aromatic nitrogens is 2. The van der Waals surface area contributed by atoms with Gasteiger partial charge in [-0.2, -0.15) is 9.78 Å². The molecule has 0 aliphatic carbocycles. The largest absolute Gasteiger partial charge is 0.481 e. The first kappa shape index (κ1) is 25.0. The lowest BCUT2D eigenvalue weighted by atomic mass is 9.98. The summed E-state index contributed by atoms with van der Waals surface area (Å²) in [4.78, 5) is 26.0. The zero-order chi connectivity index (χ0) is 24.7. The number of carbonyl (C=O) groups is 2. The van der Waals surface area contributed by atoms with Gasteiger partial charge in [0.15, 0.2) is 5.69 Å². The number of halogens is 1. The lowest BCUT2D eigenvalue weighted by Crippen LogP contribution is -2.38. The Hall–Kier alpha value is -3.68. The molecule has 7 nitrogen and oxygen atoms in total. The van der Waals surface area contributed by atoms with Gasteiger partial charge in [-0.1, -0.05) is 50.2 Å². The number of amides is 2. The summed E-state index contributed by atoms with van der Waals surface area (Å²) < 4.78 is 20.9. The number of rotatable bonds is 10. The summed E-state index contributed by atoms with van der Waals surface area (Å²) in [6.45, 7) is 5.98. The molecule has 34 heavy (non-hydrogen) atoms. The third-order valence-corrected chi connectivity index (χ3v) is 5.81. The molecule has 0 fully saturated rings. The van der Waals surface area contributed by atoms with Gasteiger partial charge >= 0.3 is 0 Å². The van der Waals surface area contributed by atoms with Crippen molar-refractivity contribution in [1.29, 1.82) is 0 Å². The molecule has 2 aromatic carbocycles. The topological polar surface area (TPSA) is 85.3 Å². The van der Waals surface area contributed by atoms with Crippen LogP contribution in [0, 0.1) is 12.7 Å². The zero-order valence-corrected chi connectivity index (χ0v) is 20.0. The summed E-state index contributed by atoms with van der Waals surface area (Å²) in [6.07, 6.45) is 1.74. The zero-order valence-electron chi connectivity index (χ0n) is 20.0. The fourth-order valence-corrected chi connectivity index (χ4v) is 3.83. The van der Waals surface area contributed by atoms with E-state index in [9.17, 15) is 14.0 Å². The van der Waals surface area contributed by atoms with E-state index in [1.54, 1.807) is 18.2 Å². The number of hydrogen-bond acceptors (Lipinski definition) is 4. The van der Waals surface area contributed by atoms with Gasteiger partial charge in [-0.3, -0.25) is 9.59 Å². The number of benzene rings is 2. The van der Waals surface area contributed by atoms with Gasteiger partial charge in [0.05, 0.1) is 19.6 Å². The summed E-state index contributed by atoms with van der Waals surface area (Å²) >= 11 is 0. The first-order valence-electron chi connectivity index (χ1n) is 11.4. The van der Waals surface area contributed by atoms with Crippen LogP contribution in [-0.2, 0) is 4.79 Å². The molecule has 2 N–H and O–H groups in total. The molecule has 0 saturated carbocycles. The van der Waals surface area contributed by atoms with Crippen LogP contribution in [0.5, 0.6) is 5.88 Å². The van der Waals surface area contributed by atoms with Crippen molar-refractivity contribution in [1.82, 2.24) is 20.4 Å². The van der Waals surface area contributed by atoms with Crippen LogP contribution in [0.3, 0.4) is 0 Å². The maximum atomic E-state index is 14.3. The van der Waals surface area contributed by atoms with Crippen LogP contribution in [0.25, 0.3) is 5.69 Å². The third kappa shape index (κ3) is 5.81. The lowest BCUT2D eigenvalue weighted by molar-refractivity contribution is -0.122. The van der Waals surface area contributed by atoms with Gasteiger partial charge in [0, 0.05) is 12.1 Å². The molecule has 180 valence electrons. The quantitative estimate of drug-likeness (QED) is 0.461. The van der Waals surface area contributed by atoms with Gasteiger partial charge in [0.1, 0.15) is 11.5 Å². The molecule has 1 atom stereocenters. The van der Waals surface area contributed by atoms with E-state index in [-0.39, 0.29) is 35.6 Å². The standard InChI is InChI=1S/C26H31FN4O3/c1-5-18(6-2)28-24(32)15-21(19-12-8-7-11-17(19)3)29-26(33)22-16-25(34-4)31(30-22)23-14-10-9-13-20(23)27/h7-14,16,18,21H,5-6,15H2,1-4H3,(H,28,32)(H,29,33)/t21-/m0/s1. The molecule has 0 aliphatic rings. The number of hydrogen-bond donors (Lipinski definition) is 2. The van der Waals surface area contributed by atoms with Crippen molar-refractivity contribution in [3.05, 3.63) is 77.2 Å². The fourth-order valence-electron chi connectivity index (χ4n) is 3.83. The van der Waals surface area contributed by atoms with Crippen LogP contribution in [0.1, 0.15) is 60.8 Å². The SMILES string of the molecule is CCC(CC)NC(=O)C[C@H](NC(=O)c1cc(OC)n(-c2ccccc2F)n1)c1ccccc1C. The molecule has 1 aromatic heterocycles. The molecule has 1 heterocycles. The number of methoxy groups -OCH3 is 1. The summed E-state index contributed by atoms with van der Waals surface area (Å²) in [5.74, 6) is -0.908. The highest BCUT2D eigenvalue weighted by molar-refractivity contribution is 5.93. The molecular weight excluding hydrogens is 435 g/mol. The minimum Gasteiger partial charge on any atom is -0.481 e. The number of para-hydroxylation sites is 1. The van der Waals surface area contributed by atoms with Crippen molar-refractivity contribution in [2.45, 2.75) is 52.1 Å². The predicted octanol–water partition coefficient (Wildman–Crippen LogP) is 4.49. The molecule has 0 spiro atoms. The Bertz CT molecular complexity index is 1140. The second-order valence-corrected chi connectivity index (χ2v) is 8.10. The van der Waals surface area contributed by atoms with Crippen molar-refractivity contribution in [3.8, 4) is 11.6 Å². The fraction of sp³-hybridized carbons (Fsp3) is 0.346. The highest BCUT2D eigenvalue weighted by Crippen LogP contribution is 2.24. The Morgan fingerprint density at radius 2 is 1.74 bits per heavy atom. The van der Waals surface area contributed by atoms with E-state index in [2.05, 4.69) is 15.7 Å². The third-order valence-electron chi connectivity index (χ3n) is 5.81. The Morgan fingerprint density at radius 3 is 2.38 bits per heavy atom. The van der Waals surface area contributed by atoms with E-state index in [1.807, 2.05) is 45.0 Å². The van der Waals surface area contributed by atoms with Gasteiger partial charge in [0.2, 0.25) is 11.8 Å². The predicted molar refractivity (Wildman–Crippen MR) is 129 cm³/mol. The van der Waals surface area contributed by atoms with Crippen LogP contribution < -0.4 is 15.4 Å². The Labute approximate surface area is 199 Å². The molecule has 3 aromatic rings. The normalized spacial score (nSPS) is 11.8. The smallest absolute Gasteiger partial charge is 0.272 e. The number of ether oxygens (including phenoxy) is 1. The van der Waals surface area contributed by atoms with Crippen LogP contribution in [0.4, 0.5) is 4.39 Å². The highest BCUT2D eigenvalue weighted by Gasteiger charge is 2.24. The average molecular weight is 467 g/mol. The minimum atomic E-state index is -0.562. The molecule has 2 amide bonds. The molecule has 8 heteroatoms. The van der Waals surface area contributed by atoms with E-state index < -0.39 is 17.8 Å². The Kier molecular flexibility index (Phi) is 8.40. The Morgan fingerprint density at radius 1 is 1.06 bits per heavy atom. The maximum Gasteiger partial charge on any atom is 0.272 e. The second kappa shape index (κ2) is 11.4. The molecule has 0 bridgehead atoms. The summed E-state index contributed by atoms with van der Waals surface area (Å²) in [5, 5.41) is 10.2. The van der Waals surface area contributed by atoms with Crippen molar-refractivity contribution in [2.24, 2.45) is 0 Å². The van der Waals surface area contributed by atoms with Gasteiger partial charge in [0.25, 0.3) is 5.91 Å². The van der Waals surface area contributed by atoms with Crippen molar-refractivity contribution < 1.29 is 18.7 Å². The summed E-state index contributed by atoms with van der Waals surface area (Å²) in [5.41, 5.74) is 2.02. The molecule has 0 unspecified atom stereocenters. The molecule has 0 aliphatic heterocycles. The van der Waals surface area contributed by atoms with Crippen molar-refractivity contribution in [2.75, 3.05) is 7.11 Å². The highest BCUT2D eigenvalue weighted by atomic mass is 19.1. The van der Waals surface area contributed by atoms with Crippen LogP contribution >= 0.6 is 0 Å². The van der Waals surface area contributed by atoms with E-state index in [1.165, 1.54) is 23.9 Å². The van der Waals surface area contributed by atoms with Crippen LogP contribution in [0.15, 0.2) is 54.6 Å². The van der Waals surface area contributed by atoms with E-state index in [0.717, 1.165) is 24.0 Å². The van der Waals surface area contributed by atoms with Crippen molar-refractivity contribution >= 4 is 11.8 Å². The number of nitrogens with one attached hydrogen (secondary N) is 2. The number of carbonyl (C=O) groups excluding carboxylic acids is 2. The number of aryl methyl sites for hydroxylation is 1. The van der Waals surface area contributed by atoms with E-state index in [4.69, 9.17) is 4.74 Å². The van der Waals surface area contributed by atoms with Gasteiger partial charge in [-0.15, -0.1) is 0 Å². The van der Waals surface area contributed by atoms with Gasteiger partial charge in [-0.25, -0.2) is 4.39 Å². The molecule has 0 saturated heterocycles. The monoisotopic (exact) mass is 466 g/mol. The average Bonchev–Trinajstić information content (AvgIpc) is 3.27. The first-order valence-corrected chi connectivity index (χ1v) is 11.4. The molecule has 3 rings (SSSR count). The Balaban J connectivity index is 1.88. The van der Waals surface area contributed by atoms with Gasteiger partial charge < -0.3 is 15.4 Å². The lowest BCUT2D eigenvalue weighted by Gasteiger charge is -2.22. The first-order chi connectivity index (χ1) is 16.4. The summed E-state index contributed by atoms with van der Waals surface area (Å²) in [6, 6.07) is 14.7. The second-order valence-electron chi connectivity index (χ2n) is 8.10. The number of nitrogens with zero attached hydrogens (tertiary/aromatic N) is 2. The van der Waals surface area contributed by atoms with E-state index >= 15 is 0 Å². The van der Waals surface area contributed by atoms with E-state index in [0.29, 0.717) is 0 Å². The summed E-state index contributed by atoms with van der Waals surface area (Å²) in [7, 11) is 1.42. The molecule has 0 radical (unpaired) electrons. The van der Waals surface area contributed by atoms with Crippen LogP contribution in [-0.4, -0.2) is 34.7 Å². The maximum absolute atomic E-state index is 14.3. The van der Waals surface area contributed by atoms with Crippen molar-refractivity contribution in [3.63, 3.8) is 0 Å². The van der Waals surface area contributed by atoms with Crippen LogP contribution in [0.2, 0.25) is 0 Å².